The van der Waals surface area contributed by atoms with Crippen LogP contribution < -0.4 is 5.32 Å². The molecular formula is C17H26ClNO. The van der Waals surface area contributed by atoms with Gasteiger partial charge in [-0.05, 0) is 37.7 Å². The Kier molecular flexibility index (Phi) is 7.08. The molecular weight excluding hydrogens is 270 g/mol. The van der Waals surface area contributed by atoms with Crippen molar-refractivity contribution >= 4 is 17.5 Å². The first-order chi connectivity index (χ1) is 9.40. The molecule has 0 fully saturated rings. The van der Waals surface area contributed by atoms with E-state index in [1.807, 2.05) is 44.2 Å². The molecule has 0 aliphatic rings. The first-order valence-electron chi connectivity index (χ1n) is 7.38. The maximum Gasteiger partial charge on any atom is 0.220 e. The van der Waals surface area contributed by atoms with Gasteiger partial charge in [0.1, 0.15) is 0 Å². The van der Waals surface area contributed by atoms with Gasteiger partial charge in [0.2, 0.25) is 5.91 Å². The first-order valence-corrected chi connectivity index (χ1v) is 7.82. The number of nitrogens with one attached hydrogen (secondary N) is 1. The zero-order chi connectivity index (χ0) is 15.1. The summed E-state index contributed by atoms with van der Waals surface area (Å²) in [5.74, 6) is 0.875. The highest BCUT2D eigenvalue weighted by molar-refractivity contribution is 6.20. The molecule has 0 aromatic heterocycles. The highest BCUT2D eigenvalue weighted by atomic mass is 35.5. The standard InChI is InChI=1S/C17H26ClNO/c1-12(2)10-16(13(3)18)11-17(20)19-14(4)15-8-6-5-7-9-15/h5-9,12-14,16H,10-11H2,1-4H3,(H,19,20)/t13?,14-,16?/m1/s1. The van der Waals surface area contributed by atoms with Gasteiger partial charge in [0.05, 0.1) is 6.04 Å². The molecule has 0 heterocycles. The van der Waals surface area contributed by atoms with Crippen molar-refractivity contribution in [2.75, 3.05) is 0 Å². The molecule has 0 radical (unpaired) electrons. The highest BCUT2D eigenvalue weighted by Crippen LogP contribution is 2.23. The van der Waals surface area contributed by atoms with E-state index in [0.29, 0.717) is 12.3 Å². The second-order valence-corrected chi connectivity index (χ2v) is 6.66. The summed E-state index contributed by atoms with van der Waals surface area (Å²) in [5, 5.41) is 3.08. The summed E-state index contributed by atoms with van der Waals surface area (Å²) in [6.45, 7) is 8.31. The van der Waals surface area contributed by atoms with Crippen LogP contribution in [0.4, 0.5) is 0 Å². The van der Waals surface area contributed by atoms with E-state index in [1.54, 1.807) is 0 Å². The summed E-state index contributed by atoms with van der Waals surface area (Å²) >= 11 is 6.21. The number of carbonyl (C=O) groups is 1. The third-order valence-corrected chi connectivity index (χ3v) is 3.90. The monoisotopic (exact) mass is 295 g/mol. The van der Waals surface area contributed by atoms with Crippen molar-refractivity contribution < 1.29 is 4.79 Å². The molecule has 0 aliphatic carbocycles. The Bertz CT molecular complexity index is 403. The fourth-order valence-corrected chi connectivity index (χ4v) is 2.59. The van der Waals surface area contributed by atoms with Crippen LogP contribution in [0.3, 0.4) is 0 Å². The van der Waals surface area contributed by atoms with Crippen molar-refractivity contribution in [2.24, 2.45) is 11.8 Å². The van der Waals surface area contributed by atoms with E-state index in [4.69, 9.17) is 11.6 Å². The van der Waals surface area contributed by atoms with Gasteiger partial charge in [0, 0.05) is 11.8 Å². The second kappa shape index (κ2) is 8.31. The van der Waals surface area contributed by atoms with Gasteiger partial charge in [-0.25, -0.2) is 0 Å². The van der Waals surface area contributed by atoms with Crippen LogP contribution in [0, 0.1) is 11.8 Å². The van der Waals surface area contributed by atoms with Crippen LogP contribution in [0.15, 0.2) is 30.3 Å². The van der Waals surface area contributed by atoms with E-state index in [9.17, 15) is 4.79 Å². The second-order valence-electron chi connectivity index (χ2n) is 5.97. The zero-order valence-corrected chi connectivity index (χ0v) is 13.7. The minimum absolute atomic E-state index is 0.0233. The van der Waals surface area contributed by atoms with Crippen LogP contribution >= 0.6 is 11.6 Å². The first kappa shape index (κ1) is 17.0. The molecule has 3 heteroatoms. The maximum absolute atomic E-state index is 12.2. The summed E-state index contributed by atoms with van der Waals surface area (Å²) in [4.78, 5) is 12.2. The molecule has 1 N–H and O–H groups in total. The average molecular weight is 296 g/mol. The lowest BCUT2D eigenvalue weighted by Crippen LogP contribution is -2.30. The molecule has 1 amide bonds. The lowest BCUT2D eigenvalue weighted by Gasteiger charge is -2.22. The predicted molar refractivity (Wildman–Crippen MR) is 85.9 cm³/mol. The smallest absolute Gasteiger partial charge is 0.220 e. The SMILES string of the molecule is CC(C)CC(CC(=O)N[C@H](C)c1ccccc1)C(C)Cl. The van der Waals surface area contributed by atoms with Crippen LogP contribution in [0.5, 0.6) is 0 Å². The van der Waals surface area contributed by atoms with E-state index < -0.39 is 0 Å². The zero-order valence-electron chi connectivity index (χ0n) is 12.9. The number of rotatable bonds is 7. The van der Waals surface area contributed by atoms with Crippen LogP contribution in [0.25, 0.3) is 0 Å². The fraction of sp³-hybridized carbons (Fsp3) is 0.588. The molecule has 2 unspecified atom stereocenters. The maximum atomic E-state index is 12.2. The molecule has 1 aromatic rings. The molecule has 0 bridgehead atoms. The predicted octanol–water partition coefficient (Wildman–Crippen LogP) is 4.54. The van der Waals surface area contributed by atoms with E-state index in [1.165, 1.54) is 0 Å². The van der Waals surface area contributed by atoms with Crippen LogP contribution in [0.2, 0.25) is 0 Å². The van der Waals surface area contributed by atoms with E-state index >= 15 is 0 Å². The third kappa shape index (κ3) is 5.96. The Morgan fingerprint density at radius 2 is 1.75 bits per heavy atom. The summed E-state index contributed by atoms with van der Waals surface area (Å²) in [6.07, 6.45) is 1.48. The summed E-state index contributed by atoms with van der Waals surface area (Å²) in [5.41, 5.74) is 1.13. The number of amides is 1. The minimum atomic E-state index is 0.0233. The van der Waals surface area contributed by atoms with Crippen molar-refractivity contribution in [3.8, 4) is 0 Å². The quantitative estimate of drug-likeness (QED) is 0.735. The number of carbonyl (C=O) groups excluding carboxylic acids is 1. The van der Waals surface area contributed by atoms with Crippen molar-refractivity contribution in [2.45, 2.75) is 52.0 Å². The summed E-state index contributed by atoms with van der Waals surface area (Å²) < 4.78 is 0. The topological polar surface area (TPSA) is 29.1 Å². The van der Waals surface area contributed by atoms with Gasteiger partial charge in [0.15, 0.2) is 0 Å². The average Bonchev–Trinajstić information content (AvgIpc) is 2.38. The number of benzene rings is 1. The molecule has 2 nitrogen and oxygen atoms in total. The number of hydrogen-bond acceptors (Lipinski definition) is 1. The molecule has 0 saturated heterocycles. The van der Waals surface area contributed by atoms with Crippen molar-refractivity contribution in [1.82, 2.24) is 5.32 Å². The minimum Gasteiger partial charge on any atom is -0.350 e. The summed E-state index contributed by atoms with van der Waals surface area (Å²) in [6, 6.07) is 10.0. The Morgan fingerprint density at radius 1 is 1.15 bits per heavy atom. The van der Waals surface area contributed by atoms with Crippen LogP contribution in [-0.2, 0) is 4.79 Å². The molecule has 3 atom stereocenters. The van der Waals surface area contributed by atoms with Crippen molar-refractivity contribution in [3.05, 3.63) is 35.9 Å². The molecule has 0 saturated carbocycles. The lowest BCUT2D eigenvalue weighted by molar-refractivity contribution is -0.122. The lowest BCUT2D eigenvalue weighted by atomic mass is 9.91. The highest BCUT2D eigenvalue weighted by Gasteiger charge is 2.21. The number of hydrogen-bond donors (Lipinski definition) is 1. The number of alkyl halides is 1. The number of halogens is 1. The third-order valence-electron chi connectivity index (χ3n) is 3.55. The van der Waals surface area contributed by atoms with Gasteiger partial charge in [-0.15, -0.1) is 11.6 Å². The molecule has 1 rings (SSSR count). The van der Waals surface area contributed by atoms with Crippen LogP contribution in [0.1, 0.15) is 52.1 Å². The summed E-state index contributed by atoms with van der Waals surface area (Å²) in [7, 11) is 0. The largest absolute Gasteiger partial charge is 0.350 e. The normalized spacial score (nSPS) is 15.7. The van der Waals surface area contributed by atoms with E-state index in [0.717, 1.165) is 12.0 Å². The van der Waals surface area contributed by atoms with Gasteiger partial charge < -0.3 is 5.32 Å². The van der Waals surface area contributed by atoms with Gasteiger partial charge in [-0.1, -0.05) is 44.2 Å². The molecule has 0 aliphatic heterocycles. The fourth-order valence-electron chi connectivity index (χ4n) is 2.40. The molecule has 1 aromatic carbocycles. The van der Waals surface area contributed by atoms with Gasteiger partial charge in [-0.3, -0.25) is 4.79 Å². The van der Waals surface area contributed by atoms with E-state index in [-0.39, 0.29) is 23.2 Å². The molecule has 0 spiro atoms. The van der Waals surface area contributed by atoms with Crippen molar-refractivity contribution in [3.63, 3.8) is 0 Å². The van der Waals surface area contributed by atoms with Gasteiger partial charge in [0.25, 0.3) is 0 Å². The van der Waals surface area contributed by atoms with E-state index in [2.05, 4.69) is 19.2 Å². The van der Waals surface area contributed by atoms with Gasteiger partial charge in [-0.2, -0.15) is 0 Å². The van der Waals surface area contributed by atoms with Crippen LogP contribution in [-0.4, -0.2) is 11.3 Å². The molecule has 112 valence electrons. The Balaban J connectivity index is 2.53. The van der Waals surface area contributed by atoms with Gasteiger partial charge >= 0.3 is 0 Å². The Hall–Kier alpha value is -1.02. The van der Waals surface area contributed by atoms with Crippen molar-refractivity contribution in [1.29, 1.82) is 0 Å². The molecule has 20 heavy (non-hydrogen) atoms. The Labute approximate surface area is 127 Å². The Morgan fingerprint density at radius 3 is 2.25 bits per heavy atom.